The van der Waals surface area contributed by atoms with E-state index in [4.69, 9.17) is 4.55 Å². The molecule has 2 aromatic rings. The summed E-state index contributed by atoms with van der Waals surface area (Å²) in [5.41, 5.74) is -0.441. The van der Waals surface area contributed by atoms with Crippen LogP contribution in [0, 0.1) is 6.92 Å². The van der Waals surface area contributed by atoms with Crippen LogP contribution in [0.15, 0.2) is 24.4 Å². The van der Waals surface area contributed by atoms with Crippen molar-refractivity contribution in [3.63, 3.8) is 0 Å². The van der Waals surface area contributed by atoms with Gasteiger partial charge in [-0.05, 0) is 31.5 Å². The summed E-state index contributed by atoms with van der Waals surface area (Å²) in [5, 5.41) is 4.13. The van der Waals surface area contributed by atoms with Gasteiger partial charge in [-0.15, -0.1) is 0 Å². The summed E-state index contributed by atoms with van der Waals surface area (Å²) in [4.78, 5) is 12.6. The highest BCUT2D eigenvalue weighted by Crippen LogP contribution is 2.31. The Morgan fingerprint density at radius 1 is 1.33 bits per heavy atom. The lowest BCUT2D eigenvalue weighted by Gasteiger charge is -2.12. The minimum absolute atomic E-state index is 0.0378. The van der Waals surface area contributed by atoms with E-state index in [0.717, 1.165) is 18.2 Å². The summed E-state index contributed by atoms with van der Waals surface area (Å²) in [6, 6.07) is 2.56. The van der Waals surface area contributed by atoms with Crippen LogP contribution >= 0.6 is 0 Å². The van der Waals surface area contributed by atoms with Gasteiger partial charge in [-0.2, -0.15) is 18.3 Å². The Bertz CT molecular complexity index is 800. The molecule has 0 amide bonds. The van der Waals surface area contributed by atoms with Crippen LogP contribution in [0.3, 0.4) is 0 Å². The molecule has 0 saturated carbocycles. The Morgan fingerprint density at radius 2 is 2.00 bits per heavy atom. The molecule has 2 rings (SSSR count). The predicted molar refractivity (Wildman–Crippen MR) is 82.0 cm³/mol. The fourth-order valence-corrected chi connectivity index (χ4v) is 2.80. The minimum Gasteiger partial charge on any atom is -0.306 e. The van der Waals surface area contributed by atoms with E-state index in [1.54, 1.807) is 6.92 Å². The molecular weight excluding hydrogens is 345 g/mol. The monoisotopic (exact) mass is 360 g/mol. The molecule has 1 aromatic heterocycles. The molecule has 1 atom stereocenters. The number of ketones is 1. The first-order valence-corrected chi connectivity index (χ1v) is 8.27. The first kappa shape index (κ1) is 18.3. The van der Waals surface area contributed by atoms with Crippen molar-refractivity contribution in [2.45, 2.75) is 32.3 Å². The topological polar surface area (TPSA) is 72.2 Å². The molecule has 0 spiro atoms. The normalized spacial score (nSPS) is 13.1. The second-order valence-electron chi connectivity index (χ2n) is 5.15. The molecule has 0 aliphatic carbocycles. The van der Waals surface area contributed by atoms with E-state index in [1.165, 1.54) is 10.9 Å². The molecule has 5 nitrogen and oxygen atoms in total. The van der Waals surface area contributed by atoms with E-state index in [0.29, 0.717) is 12.2 Å². The zero-order valence-electron chi connectivity index (χ0n) is 12.9. The van der Waals surface area contributed by atoms with Gasteiger partial charge in [0.2, 0.25) is 0 Å². The second-order valence-corrected chi connectivity index (χ2v) is 6.08. The van der Waals surface area contributed by atoms with E-state index in [2.05, 4.69) is 5.10 Å². The lowest BCUT2D eigenvalue weighted by Crippen LogP contribution is -2.12. The SMILES string of the molecule is CCn1cc(C(=O)c2ccc(C(F)(F)F)cc2CS(=O)O)c(C)n1. The molecule has 24 heavy (non-hydrogen) atoms. The minimum atomic E-state index is -4.60. The Labute approximate surface area is 138 Å². The number of carbonyl (C=O) groups is 1. The number of hydrogen-bond donors (Lipinski definition) is 1. The second kappa shape index (κ2) is 6.86. The summed E-state index contributed by atoms with van der Waals surface area (Å²) in [6.45, 7) is 3.99. The fourth-order valence-electron chi connectivity index (χ4n) is 2.29. The highest BCUT2D eigenvalue weighted by Gasteiger charge is 2.32. The molecular formula is C15H15F3N2O3S. The predicted octanol–water partition coefficient (Wildman–Crippen LogP) is 3.18. The third-order valence-corrected chi connectivity index (χ3v) is 4.03. The molecule has 1 N–H and O–H groups in total. The zero-order chi connectivity index (χ0) is 18.1. The first-order valence-electron chi connectivity index (χ1n) is 6.99. The molecule has 1 aromatic carbocycles. The van der Waals surface area contributed by atoms with Gasteiger partial charge in [-0.25, -0.2) is 4.21 Å². The van der Waals surface area contributed by atoms with E-state index < -0.39 is 34.4 Å². The smallest absolute Gasteiger partial charge is 0.306 e. The van der Waals surface area contributed by atoms with Crippen molar-refractivity contribution < 1.29 is 26.7 Å². The number of carbonyl (C=O) groups excluding carboxylic acids is 1. The summed E-state index contributed by atoms with van der Waals surface area (Å²) < 4.78 is 60.1. The number of alkyl halides is 3. The van der Waals surface area contributed by atoms with Crippen molar-refractivity contribution in [1.82, 2.24) is 9.78 Å². The molecule has 0 bridgehead atoms. The quantitative estimate of drug-likeness (QED) is 0.657. The van der Waals surface area contributed by atoms with Crippen molar-refractivity contribution in [2.24, 2.45) is 0 Å². The van der Waals surface area contributed by atoms with Crippen molar-refractivity contribution in [1.29, 1.82) is 0 Å². The molecule has 1 heterocycles. The number of halogens is 3. The summed E-state index contributed by atoms with van der Waals surface area (Å²) >= 11 is -2.38. The van der Waals surface area contributed by atoms with Gasteiger partial charge in [0.25, 0.3) is 0 Å². The van der Waals surface area contributed by atoms with Crippen LogP contribution in [-0.4, -0.2) is 24.3 Å². The van der Waals surface area contributed by atoms with Crippen LogP contribution in [0.25, 0.3) is 0 Å². The molecule has 0 radical (unpaired) electrons. The van der Waals surface area contributed by atoms with Crippen molar-refractivity contribution in [3.8, 4) is 0 Å². The van der Waals surface area contributed by atoms with Crippen LogP contribution in [-0.2, 0) is 29.6 Å². The van der Waals surface area contributed by atoms with Gasteiger partial charge in [0.15, 0.2) is 16.9 Å². The van der Waals surface area contributed by atoms with Gasteiger partial charge in [-0.1, -0.05) is 6.07 Å². The van der Waals surface area contributed by atoms with Crippen molar-refractivity contribution in [3.05, 3.63) is 52.3 Å². The number of rotatable bonds is 5. The Kier molecular flexibility index (Phi) is 5.24. The van der Waals surface area contributed by atoms with Gasteiger partial charge in [0.05, 0.1) is 22.6 Å². The molecule has 130 valence electrons. The Balaban J connectivity index is 2.53. The van der Waals surface area contributed by atoms with Crippen LogP contribution in [0.5, 0.6) is 0 Å². The summed E-state index contributed by atoms with van der Waals surface area (Å²) in [7, 11) is 0. The Morgan fingerprint density at radius 3 is 2.50 bits per heavy atom. The fraction of sp³-hybridized carbons (Fsp3) is 0.333. The summed E-state index contributed by atoms with van der Waals surface area (Å²) in [6.07, 6.45) is -3.09. The van der Waals surface area contributed by atoms with Gasteiger partial charge in [0.1, 0.15) is 0 Å². The number of benzene rings is 1. The molecule has 9 heteroatoms. The maximum absolute atomic E-state index is 12.8. The van der Waals surface area contributed by atoms with E-state index in [-0.39, 0.29) is 16.7 Å². The van der Waals surface area contributed by atoms with E-state index in [1.807, 2.05) is 6.92 Å². The third-order valence-electron chi connectivity index (χ3n) is 3.47. The maximum Gasteiger partial charge on any atom is 0.416 e. The van der Waals surface area contributed by atoms with Crippen molar-refractivity contribution in [2.75, 3.05) is 0 Å². The van der Waals surface area contributed by atoms with Crippen molar-refractivity contribution >= 4 is 16.9 Å². The lowest BCUT2D eigenvalue weighted by atomic mass is 9.97. The largest absolute Gasteiger partial charge is 0.416 e. The molecule has 0 aliphatic rings. The van der Waals surface area contributed by atoms with Gasteiger partial charge >= 0.3 is 6.18 Å². The average Bonchev–Trinajstić information content (AvgIpc) is 2.86. The zero-order valence-corrected chi connectivity index (χ0v) is 13.7. The lowest BCUT2D eigenvalue weighted by molar-refractivity contribution is -0.137. The first-order chi connectivity index (χ1) is 11.1. The van der Waals surface area contributed by atoms with Gasteiger partial charge in [0, 0.05) is 18.3 Å². The maximum atomic E-state index is 12.8. The van der Waals surface area contributed by atoms with Crippen LogP contribution in [0.2, 0.25) is 0 Å². The number of aromatic nitrogens is 2. The van der Waals surface area contributed by atoms with Crippen LogP contribution in [0.4, 0.5) is 13.2 Å². The highest BCUT2D eigenvalue weighted by molar-refractivity contribution is 7.78. The van der Waals surface area contributed by atoms with Gasteiger partial charge in [-0.3, -0.25) is 9.48 Å². The Hall–Kier alpha value is -2.00. The van der Waals surface area contributed by atoms with Crippen LogP contribution < -0.4 is 0 Å². The molecule has 0 fully saturated rings. The number of aryl methyl sites for hydroxylation is 2. The molecule has 0 aliphatic heterocycles. The van der Waals surface area contributed by atoms with E-state index in [9.17, 15) is 22.2 Å². The number of hydrogen-bond acceptors (Lipinski definition) is 3. The highest BCUT2D eigenvalue weighted by atomic mass is 32.2. The van der Waals surface area contributed by atoms with E-state index >= 15 is 0 Å². The molecule has 0 saturated heterocycles. The number of nitrogens with zero attached hydrogens (tertiary/aromatic N) is 2. The molecule has 1 unspecified atom stereocenters. The standard InChI is InChI=1S/C15H15F3N2O3S/c1-3-20-7-13(9(2)19-20)14(21)12-5-4-11(15(16,17)18)6-10(12)8-24(22)23/h4-7H,3,8H2,1-2H3,(H,22,23). The third kappa shape index (κ3) is 3.90. The summed E-state index contributed by atoms with van der Waals surface area (Å²) in [5.74, 6) is -1.09. The average molecular weight is 360 g/mol. The van der Waals surface area contributed by atoms with Gasteiger partial charge < -0.3 is 4.55 Å². The van der Waals surface area contributed by atoms with Crippen LogP contribution in [0.1, 0.15) is 39.7 Å².